The Morgan fingerprint density at radius 2 is 2.11 bits per heavy atom. The molecular weight excluding hydrogens is 288 g/mol. The number of aromatic nitrogens is 1. The minimum atomic E-state index is 0.298. The largest absolute Gasteiger partial charge is 0.330 e. The van der Waals surface area contributed by atoms with Crippen molar-refractivity contribution < 1.29 is 0 Å². The van der Waals surface area contributed by atoms with Gasteiger partial charge in [0.25, 0.3) is 0 Å². The van der Waals surface area contributed by atoms with Crippen molar-refractivity contribution in [2.75, 3.05) is 6.54 Å². The fourth-order valence-corrected chi connectivity index (χ4v) is 3.28. The van der Waals surface area contributed by atoms with Gasteiger partial charge >= 0.3 is 0 Å². The Balaban J connectivity index is 2.03. The molecule has 100 valence electrons. The highest BCUT2D eigenvalue weighted by Gasteiger charge is 2.34. The molecule has 1 fully saturated rings. The zero-order chi connectivity index (χ0) is 13.0. The molecule has 1 saturated carbocycles. The molecule has 0 saturated heterocycles. The topological polar surface area (TPSA) is 38.9 Å². The second-order valence-electron chi connectivity index (χ2n) is 5.70. The first-order chi connectivity index (χ1) is 8.67. The third kappa shape index (κ3) is 3.33. The molecule has 0 amide bonds. The maximum absolute atomic E-state index is 6.07. The summed E-state index contributed by atoms with van der Waals surface area (Å²) in [4.78, 5) is 4.50. The van der Waals surface area contributed by atoms with E-state index >= 15 is 0 Å². The molecule has 1 aliphatic rings. The highest BCUT2D eigenvalue weighted by Crippen LogP contribution is 2.41. The van der Waals surface area contributed by atoms with Gasteiger partial charge in [0.05, 0.1) is 0 Å². The second-order valence-corrected chi connectivity index (χ2v) is 6.62. The normalized spacial score (nSPS) is 28.3. The fourth-order valence-electron chi connectivity index (χ4n) is 3.05. The van der Waals surface area contributed by atoms with Crippen LogP contribution < -0.4 is 5.73 Å². The van der Waals surface area contributed by atoms with Crippen molar-refractivity contribution in [3.8, 4) is 0 Å². The van der Waals surface area contributed by atoms with Gasteiger partial charge in [-0.2, -0.15) is 0 Å². The molecule has 0 spiro atoms. The van der Waals surface area contributed by atoms with Crippen LogP contribution >= 0.6 is 15.9 Å². The van der Waals surface area contributed by atoms with Crippen molar-refractivity contribution in [2.45, 2.75) is 45.4 Å². The van der Waals surface area contributed by atoms with Crippen LogP contribution in [0.1, 0.15) is 44.7 Å². The summed E-state index contributed by atoms with van der Waals surface area (Å²) in [5.74, 6) is 0.919. The predicted octanol–water partition coefficient (Wildman–Crippen LogP) is 3.93. The Bertz CT molecular complexity index is 367. The predicted molar refractivity (Wildman–Crippen MR) is 79.4 cm³/mol. The molecule has 18 heavy (non-hydrogen) atoms. The Labute approximate surface area is 119 Å². The Morgan fingerprint density at radius 3 is 2.61 bits per heavy atom. The molecule has 0 atom stereocenters. The summed E-state index contributed by atoms with van der Waals surface area (Å²) >= 11 is 3.43. The highest BCUT2D eigenvalue weighted by molar-refractivity contribution is 9.10. The zero-order valence-corrected chi connectivity index (χ0v) is 12.7. The maximum Gasteiger partial charge on any atom is 0.0413 e. The first kappa shape index (κ1) is 14.0. The lowest BCUT2D eigenvalue weighted by atomic mass is 9.67. The van der Waals surface area contributed by atoms with Gasteiger partial charge in [0.15, 0.2) is 0 Å². The van der Waals surface area contributed by atoms with Gasteiger partial charge in [0, 0.05) is 16.4 Å². The number of nitrogens with zero attached hydrogens (tertiary/aromatic N) is 1. The minimum absolute atomic E-state index is 0.298. The molecule has 0 aromatic carbocycles. The molecule has 0 aliphatic heterocycles. The Kier molecular flexibility index (Phi) is 4.79. The van der Waals surface area contributed by atoms with E-state index in [2.05, 4.69) is 40.0 Å². The van der Waals surface area contributed by atoms with Crippen LogP contribution in [0.2, 0.25) is 0 Å². The van der Waals surface area contributed by atoms with E-state index in [1.807, 2.05) is 6.20 Å². The number of halogens is 1. The quantitative estimate of drug-likeness (QED) is 0.915. The lowest BCUT2D eigenvalue weighted by molar-refractivity contribution is 0.152. The minimum Gasteiger partial charge on any atom is -0.330 e. The smallest absolute Gasteiger partial charge is 0.0413 e. The molecule has 2 rings (SSSR count). The van der Waals surface area contributed by atoms with Gasteiger partial charge in [-0.3, -0.25) is 4.98 Å². The van der Waals surface area contributed by atoms with Crippen LogP contribution in [0.4, 0.5) is 0 Å². The molecule has 2 nitrogen and oxygen atoms in total. The summed E-state index contributed by atoms with van der Waals surface area (Å²) < 4.78 is 1.04. The lowest BCUT2D eigenvalue weighted by Crippen LogP contribution is -2.37. The van der Waals surface area contributed by atoms with Crippen LogP contribution in [0, 0.1) is 11.3 Å². The van der Waals surface area contributed by atoms with Crippen molar-refractivity contribution in [1.29, 1.82) is 0 Å². The molecule has 0 radical (unpaired) electrons. The van der Waals surface area contributed by atoms with Gasteiger partial charge < -0.3 is 5.73 Å². The zero-order valence-electron chi connectivity index (χ0n) is 11.2. The van der Waals surface area contributed by atoms with Gasteiger partial charge in [-0.25, -0.2) is 0 Å². The summed E-state index contributed by atoms with van der Waals surface area (Å²) in [6.07, 6.45) is 9.44. The third-order valence-corrected chi connectivity index (χ3v) is 4.99. The average Bonchev–Trinajstić information content (AvgIpc) is 2.42. The lowest BCUT2D eigenvalue weighted by Gasteiger charge is -2.39. The van der Waals surface area contributed by atoms with Crippen molar-refractivity contribution in [3.63, 3.8) is 0 Å². The summed E-state index contributed by atoms with van der Waals surface area (Å²) in [6.45, 7) is 3.09. The SMILES string of the molecule is CCC1CCC(CN)(Cc2ccc(Br)cn2)CC1. The highest BCUT2D eigenvalue weighted by atomic mass is 79.9. The molecule has 3 heteroatoms. The average molecular weight is 311 g/mol. The van der Waals surface area contributed by atoms with Gasteiger partial charge in [0.2, 0.25) is 0 Å². The molecule has 2 N–H and O–H groups in total. The monoisotopic (exact) mass is 310 g/mol. The van der Waals surface area contributed by atoms with Gasteiger partial charge in [-0.15, -0.1) is 0 Å². The Morgan fingerprint density at radius 1 is 1.39 bits per heavy atom. The number of rotatable bonds is 4. The standard InChI is InChI=1S/C15H23BrN2/c1-2-12-5-7-15(11-17,8-6-12)9-14-4-3-13(16)10-18-14/h3-4,10,12H,2,5-9,11,17H2,1H3. The van der Waals surface area contributed by atoms with E-state index in [1.54, 1.807) is 0 Å². The van der Waals surface area contributed by atoms with Crippen LogP contribution in [-0.2, 0) is 6.42 Å². The van der Waals surface area contributed by atoms with Crippen molar-refractivity contribution in [3.05, 3.63) is 28.5 Å². The van der Waals surface area contributed by atoms with E-state index in [9.17, 15) is 0 Å². The van der Waals surface area contributed by atoms with Crippen LogP contribution in [0.15, 0.2) is 22.8 Å². The van der Waals surface area contributed by atoms with E-state index in [4.69, 9.17) is 5.73 Å². The number of hydrogen-bond donors (Lipinski definition) is 1. The summed E-state index contributed by atoms with van der Waals surface area (Å²) in [5.41, 5.74) is 7.54. The van der Waals surface area contributed by atoms with E-state index in [0.717, 1.165) is 23.4 Å². The molecular formula is C15H23BrN2. The van der Waals surface area contributed by atoms with Crippen molar-refractivity contribution in [2.24, 2.45) is 17.1 Å². The third-order valence-electron chi connectivity index (χ3n) is 4.52. The molecule has 1 aromatic rings. The van der Waals surface area contributed by atoms with Gasteiger partial charge in [-0.1, -0.05) is 13.3 Å². The van der Waals surface area contributed by atoms with Crippen LogP contribution in [-0.4, -0.2) is 11.5 Å². The number of pyridine rings is 1. The second kappa shape index (κ2) is 6.16. The molecule has 1 aromatic heterocycles. The summed E-state index contributed by atoms with van der Waals surface area (Å²) in [6, 6.07) is 4.19. The number of hydrogen-bond acceptors (Lipinski definition) is 2. The van der Waals surface area contributed by atoms with Gasteiger partial charge in [0.1, 0.15) is 0 Å². The van der Waals surface area contributed by atoms with E-state index in [-0.39, 0.29) is 0 Å². The van der Waals surface area contributed by atoms with E-state index in [1.165, 1.54) is 37.8 Å². The molecule has 0 unspecified atom stereocenters. The summed E-state index contributed by atoms with van der Waals surface area (Å²) in [7, 11) is 0. The number of nitrogens with two attached hydrogens (primary N) is 1. The molecule has 1 heterocycles. The molecule has 1 aliphatic carbocycles. The van der Waals surface area contributed by atoms with E-state index in [0.29, 0.717) is 5.41 Å². The van der Waals surface area contributed by atoms with Crippen LogP contribution in [0.3, 0.4) is 0 Å². The summed E-state index contributed by atoms with van der Waals surface area (Å²) in [5, 5.41) is 0. The molecule has 0 bridgehead atoms. The first-order valence-corrected chi connectivity index (χ1v) is 7.77. The first-order valence-electron chi connectivity index (χ1n) is 6.98. The van der Waals surface area contributed by atoms with Crippen LogP contribution in [0.25, 0.3) is 0 Å². The van der Waals surface area contributed by atoms with Gasteiger partial charge in [-0.05, 0) is 78.0 Å². The van der Waals surface area contributed by atoms with Crippen molar-refractivity contribution in [1.82, 2.24) is 4.98 Å². The Hall–Kier alpha value is -0.410. The maximum atomic E-state index is 6.07. The van der Waals surface area contributed by atoms with Crippen molar-refractivity contribution >= 4 is 15.9 Å². The van der Waals surface area contributed by atoms with Crippen LogP contribution in [0.5, 0.6) is 0 Å². The van der Waals surface area contributed by atoms with E-state index < -0.39 is 0 Å². The fraction of sp³-hybridized carbons (Fsp3) is 0.667.